The molecule has 0 aliphatic carbocycles. The highest BCUT2D eigenvalue weighted by molar-refractivity contribution is 7.10. The molecule has 2 N–H and O–H groups in total. The van der Waals surface area contributed by atoms with Crippen LogP contribution in [0.1, 0.15) is 30.3 Å². The summed E-state index contributed by atoms with van der Waals surface area (Å²) < 4.78 is 0. The van der Waals surface area contributed by atoms with Gasteiger partial charge in [0, 0.05) is 24.2 Å². The average Bonchev–Trinajstić information content (AvgIpc) is 2.91. The van der Waals surface area contributed by atoms with E-state index >= 15 is 0 Å². The van der Waals surface area contributed by atoms with Gasteiger partial charge in [-0.1, -0.05) is 12.1 Å². The molecule has 2 heterocycles. The van der Waals surface area contributed by atoms with Gasteiger partial charge >= 0.3 is 0 Å². The van der Waals surface area contributed by atoms with E-state index in [-0.39, 0.29) is 6.04 Å². The monoisotopic (exact) mass is 275 g/mol. The van der Waals surface area contributed by atoms with Crippen LogP contribution in [-0.2, 0) is 6.42 Å². The quantitative estimate of drug-likeness (QED) is 0.911. The van der Waals surface area contributed by atoms with Crippen LogP contribution in [0.5, 0.6) is 0 Å². The van der Waals surface area contributed by atoms with Gasteiger partial charge < -0.3 is 10.6 Å². The molecule has 2 unspecified atom stereocenters. The first-order valence-electron chi connectivity index (χ1n) is 6.55. The Labute approximate surface area is 119 Å². The van der Waals surface area contributed by atoms with Crippen LogP contribution >= 0.6 is 11.3 Å². The Morgan fingerprint density at radius 2 is 2.11 bits per heavy atom. The Balaban J connectivity index is 2.25. The molecule has 0 aliphatic heterocycles. The van der Waals surface area contributed by atoms with Crippen molar-refractivity contribution in [1.29, 1.82) is 0 Å². The molecule has 0 saturated carbocycles. The van der Waals surface area contributed by atoms with Gasteiger partial charge in [-0.15, -0.1) is 11.3 Å². The van der Waals surface area contributed by atoms with Gasteiger partial charge in [0.15, 0.2) is 0 Å². The van der Waals surface area contributed by atoms with Gasteiger partial charge in [-0.25, -0.2) is 4.98 Å². The fourth-order valence-corrected chi connectivity index (χ4v) is 2.98. The van der Waals surface area contributed by atoms with Gasteiger partial charge in [-0.2, -0.15) is 0 Å². The van der Waals surface area contributed by atoms with E-state index in [1.54, 1.807) is 11.3 Å². The van der Waals surface area contributed by atoms with Gasteiger partial charge in [-0.05, 0) is 43.3 Å². The zero-order valence-corrected chi connectivity index (χ0v) is 12.5. The van der Waals surface area contributed by atoms with Crippen molar-refractivity contribution >= 4 is 17.2 Å². The van der Waals surface area contributed by atoms with E-state index in [4.69, 9.17) is 5.73 Å². The van der Waals surface area contributed by atoms with Gasteiger partial charge in [0.05, 0.1) is 6.04 Å². The smallest absolute Gasteiger partial charge is 0.132 e. The Hall–Kier alpha value is -1.39. The van der Waals surface area contributed by atoms with Crippen LogP contribution in [0.15, 0.2) is 35.8 Å². The average molecular weight is 275 g/mol. The molecule has 0 saturated heterocycles. The summed E-state index contributed by atoms with van der Waals surface area (Å²) in [5.41, 5.74) is 7.13. The molecule has 0 aromatic carbocycles. The summed E-state index contributed by atoms with van der Waals surface area (Å²) in [6.07, 6.45) is 2.70. The zero-order valence-electron chi connectivity index (χ0n) is 11.7. The molecule has 2 atom stereocenters. The van der Waals surface area contributed by atoms with Crippen LogP contribution in [0, 0.1) is 0 Å². The summed E-state index contributed by atoms with van der Waals surface area (Å²) in [7, 11) is 2.09. The number of nitrogens with zero attached hydrogens (tertiary/aromatic N) is 2. The van der Waals surface area contributed by atoms with Crippen LogP contribution in [0.2, 0.25) is 0 Å². The molecule has 0 radical (unpaired) electrons. The van der Waals surface area contributed by atoms with Crippen LogP contribution < -0.4 is 10.6 Å². The van der Waals surface area contributed by atoms with Crippen molar-refractivity contribution in [3.05, 3.63) is 46.3 Å². The first kappa shape index (κ1) is 14.0. The Kier molecular flexibility index (Phi) is 4.56. The lowest BCUT2D eigenvalue weighted by Gasteiger charge is -2.27. The Bertz CT molecular complexity index is 508. The summed E-state index contributed by atoms with van der Waals surface area (Å²) in [6.45, 7) is 4.23. The number of hydrogen-bond acceptors (Lipinski definition) is 4. The molecule has 102 valence electrons. The molecule has 0 fully saturated rings. The molecule has 2 rings (SSSR count). The molecule has 0 spiro atoms. The second-order valence-corrected chi connectivity index (χ2v) is 5.95. The number of aromatic nitrogens is 1. The Morgan fingerprint density at radius 3 is 2.74 bits per heavy atom. The van der Waals surface area contributed by atoms with Crippen LogP contribution in [0.25, 0.3) is 0 Å². The minimum absolute atomic E-state index is 0.147. The van der Waals surface area contributed by atoms with Gasteiger partial charge in [0.25, 0.3) is 0 Å². The van der Waals surface area contributed by atoms with E-state index in [1.165, 1.54) is 10.4 Å². The van der Waals surface area contributed by atoms with Crippen molar-refractivity contribution < 1.29 is 0 Å². The predicted octanol–water partition coefficient (Wildman–Crippen LogP) is 3.23. The summed E-state index contributed by atoms with van der Waals surface area (Å²) in [5.74, 6) is 1.03. The van der Waals surface area contributed by atoms with E-state index in [2.05, 4.69) is 47.4 Å². The third kappa shape index (κ3) is 3.33. The van der Waals surface area contributed by atoms with Crippen LogP contribution in [-0.4, -0.2) is 18.1 Å². The molecule has 2 aromatic heterocycles. The molecular weight excluding hydrogens is 254 g/mol. The molecule has 4 heteroatoms. The number of pyridine rings is 1. The van der Waals surface area contributed by atoms with Crippen molar-refractivity contribution in [1.82, 2.24) is 4.98 Å². The fraction of sp³-hybridized carbons (Fsp3) is 0.400. The summed E-state index contributed by atoms with van der Waals surface area (Å²) in [5, 5.41) is 2.11. The minimum atomic E-state index is 0.147. The summed E-state index contributed by atoms with van der Waals surface area (Å²) >= 11 is 1.78. The van der Waals surface area contributed by atoms with Gasteiger partial charge in [0.2, 0.25) is 0 Å². The standard InChI is InChI=1S/C15H21N3S/c1-11(16)10-13-6-4-8-17-15(13)18(3)12(2)14-7-5-9-19-14/h4-9,11-12H,10,16H2,1-3H3. The predicted molar refractivity (Wildman–Crippen MR) is 82.7 cm³/mol. The number of nitrogens with two attached hydrogens (primary N) is 1. The van der Waals surface area contributed by atoms with Crippen LogP contribution in [0.3, 0.4) is 0 Å². The fourth-order valence-electron chi connectivity index (χ4n) is 2.16. The lowest BCUT2D eigenvalue weighted by Crippen LogP contribution is -2.25. The van der Waals surface area contributed by atoms with E-state index in [9.17, 15) is 0 Å². The third-order valence-corrected chi connectivity index (χ3v) is 4.32. The topological polar surface area (TPSA) is 42.1 Å². The first-order chi connectivity index (χ1) is 9.09. The SMILES string of the molecule is CC(N)Cc1cccnc1N(C)C(C)c1cccs1. The van der Waals surface area contributed by atoms with E-state index < -0.39 is 0 Å². The van der Waals surface area contributed by atoms with Crippen LogP contribution in [0.4, 0.5) is 5.82 Å². The van der Waals surface area contributed by atoms with E-state index in [0.29, 0.717) is 6.04 Å². The number of anilines is 1. The largest absolute Gasteiger partial charge is 0.352 e. The number of thiophene rings is 1. The third-order valence-electron chi connectivity index (χ3n) is 3.28. The van der Waals surface area contributed by atoms with Gasteiger partial charge in [-0.3, -0.25) is 0 Å². The summed E-state index contributed by atoms with van der Waals surface area (Å²) in [4.78, 5) is 8.11. The lowest BCUT2D eigenvalue weighted by atomic mass is 10.1. The van der Waals surface area contributed by atoms with Crippen molar-refractivity contribution in [2.24, 2.45) is 5.73 Å². The second-order valence-electron chi connectivity index (χ2n) is 4.97. The number of hydrogen-bond donors (Lipinski definition) is 1. The maximum atomic E-state index is 5.92. The zero-order chi connectivity index (χ0) is 13.8. The maximum absolute atomic E-state index is 5.92. The van der Waals surface area contributed by atoms with Crippen molar-refractivity contribution in [3.8, 4) is 0 Å². The highest BCUT2D eigenvalue weighted by Crippen LogP contribution is 2.29. The normalized spacial score (nSPS) is 14.1. The lowest BCUT2D eigenvalue weighted by molar-refractivity contribution is 0.706. The molecule has 0 aliphatic rings. The number of rotatable bonds is 5. The first-order valence-corrected chi connectivity index (χ1v) is 7.43. The minimum Gasteiger partial charge on any atom is -0.352 e. The molecule has 19 heavy (non-hydrogen) atoms. The van der Waals surface area contributed by atoms with Crippen molar-refractivity contribution in [2.45, 2.75) is 32.4 Å². The van der Waals surface area contributed by atoms with E-state index in [1.807, 2.05) is 19.2 Å². The second kappa shape index (κ2) is 6.17. The van der Waals surface area contributed by atoms with Gasteiger partial charge in [0.1, 0.15) is 5.82 Å². The Morgan fingerprint density at radius 1 is 1.32 bits per heavy atom. The van der Waals surface area contributed by atoms with E-state index in [0.717, 1.165) is 12.2 Å². The highest BCUT2D eigenvalue weighted by Gasteiger charge is 2.17. The van der Waals surface area contributed by atoms with Crippen molar-refractivity contribution in [3.63, 3.8) is 0 Å². The summed E-state index contributed by atoms with van der Waals surface area (Å²) in [6, 6.07) is 8.81. The molecule has 0 amide bonds. The highest BCUT2D eigenvalue weighted by atomic mass is 32.1. The maximum Gasteiger partial charge on any atom is 0.132 e. The molecule has 3 nitrogen and oxygen atoms in total. The molecule has 0 bridgehead atoms. The molecular formula is C15H21N3S. The molecule has 2 aromatic rings. The van der Waals surface area contributed by atoms with Crippen molar-refractivity contribution in [2.75, 3.05) is 11.9 Å².